The van der Waals surface area contributed by atoms with Gasteiger partial charge < -0.3 is 4.74 Å². The van der Waals surface area contributed by atoms with Gasteiger partial charge in [-0.2, -0.15) is 0 Å². The van der Waals surface area contributed by atoms with Crippen LogP contribution in [0.5, 0.6) is 0 Å². The molecule has 4 unspecified atom stereocenters. The lowest BCUT2D eigenvalue weighted by molar-refractivity contribution is -0.0251. The minimum Gasteiger partial charge on any atom is -0.377 e. The Hall–Kier alpha value is -0.170. The van der Waals surface area contributed by atoms with Gasteiger partial charge in [0, 0.05) is 12.9 Å². The van der Waals surface area contributed by atoms with Crippen molar-refractivity contribution in [2.75, 3.05) is 12.9 Å². The number of hydrogen-bond donors (Lipinski definition) is 2. The summed E-state index contributed by atoms with van der Waals surface area (Å²) in [7, 11) is -2.94. The maximum Gasteiger partial charge on any atom is 0.150 e. The molecule has 1 saturated carbocycles. The summed E-state index contributed by atoms with van der Waals surface area (Å²) in [5.74, 6) is 6.02. The number of nitrogens with one attached hydrogen (secondary N) is 1. The highest BCUT2D eigenvalue weighted by Gasteiger charge is 2.36. The Morgan fingerprint density at radius 3 is 2.58 bits per heavy atom. The molecule has 0 amide bonds. The zero-order valence-corrected chi connectivity index (χ0v) is 12.5. The highest BCUT2D eigenvalue weighted by molar-refractivity contribution is 7.91. The average molecular weight is 290 g/mol. The summed E-state index contributed by atoms with van der Waals surface area (Å²) in [5, 5.41) is -0.203. The molecule has 19 heavy (non-hydrogen) atoms. The summed E-state index contributed by atoms with van der Waals surface area (Å²) in [5.41, 5.74) is 2.89. The quantitative estimate of drug-likeness (QED) is 0.596. The van der Waals surface area contributed by atoms with Crippen LogP contribution in [0.3, 0.4) is 0 Å². The van der Waals surface area contributed by atoms with Crippen LogP contribution >= 0.6 is 0 Å². The largest absolute Gasteiger partial charge is 0.377 e. The zero-order chi connectivity index (χ0) is 13.9. The summed E-state index contributed by atoms with van der Waals surface area (Å²) < 4.78 is 29.3. The van der Waals surface area contributed by atoms with Crippen molar-refractivity contribution in [2.45, 2.75) is 62.3 Å². The molecule has 0 aromatic heterocycles. The predicted octanol–water partition coefficient (Wildman–Crippen LogP) is 0.991. The lowest BCUT2D eigenvalue weighted by atomic mass is 9.80. The molecule has 0 spiro atoms. The molecule has 4 atom stereocenters. The van der Waals surface area contributed by atoms with Gasteiger partial charge in [0.2, 0.25) is 0 Å². The van der Waals surface area contributed by atoms with Gasteiger partial charge in [0.1, 0.15) is 9.84 Å². The fourth-order valence-electron chi connectivity index (χ4n) is 3.49. The van der Waals surface area contributed by atoms with Crippen LogP contribution in [-0.4, -0.2) is 38.7 Å². The molecule has 0 radical (unpaired) electrons. The second-order valence-corrected chi connectivity index (χ2v) is 8.30. The highest BCUT2D eigenvalue weighted by Crippen LogP contribution is 2.33. The van der Waals surface area contributed by atoms with Gasteiger partial charge in [-0.3, -0.25) is 11.3 Å². The Bertz CT molecular complexity index is 379. The lowest BCUT2D eigenvalue weighted by Crippen LogP contribution is -2.52. The van der Waals surface area contributed by atoms with E-state index in [0.29, 0.717) is 12.3 Å². The minimum atomic E-state index is -2.94. The molecule has 2 fully saturated rings. The van der Waals surface area contributed by atoms with Crippen molar-refractivity contribution in [3.63, 3.8) is 0 Å². The SMILES string of the molecule is CS(=O)(=O)C1CCCC(C(NN)C2CCCCO2)C1. The van der Waals surface area contributed by atoms with E-state index in [9.17, 15) is 8.42 Å². The first-order valence-corrected chi connectivity index (χ1v) is 9.24. The molecular formula is C13H26N2O3S. The lowest BCUT2D eigenvalue weighted by Gasteiger charge is -2.38. The molecule has 1 saturated heterocycles. The molecule has 3 N–H and O–H groups in total. The first kappa shape index (κ1) is 15.2. The Balaban J connectivity index is 2.01. The summed E-state index contributed by atoms with van der Waals surface area (Å²) >= 11 is 0. The maximum absolute atomic E-state index is 11.7. The van der Waals surface area contributed by atoms with E-state index in [-0.39, 0.29) is 17.4 Å². The average Bonchev–Trinajstić information content (AvgIpc) is 2.40. The van der Waals surface area contributed by atoms with E-state index in [1.807, 2.05) is 0 Å². The molecule has 5 nitrogen and oxygen atoms in total. The fraction of sp³-hybridized carbons (Fsp3) is 1.00. The number of hydrazine groups is 1. The number of sulfone groups is 1. The molecular weight excluding hydrogens is 264 g/mol. The second-order valence-electron chi connectivity index (χ2n) is 5.98. The maximum atomic E-state index is 11.7. The Morgan fingerprint density at radius 2 is 2.00 bits per heavy atom. The van der Waals surface area contributed by atoms with Crippen LogP contribution in [0.1, 0.15) is 44.9 Å². The van der Waals surface area contributed by atoms with Crippen molar-refractivity contribution in [3.8, 4) is 0 Å². The van der Waals surface area contributed by atoms with Crippen LogP contribution in [0.4, 0.5) is 0 Å². The van der Waals surface area contributed by atoms with Crippen LogP contribution in [0, 0.1) is 5.92 Å². The van der Waals surface area contributed by atoms with Crippen molar-refractivity contribution >= 4 is 9.84 Å². The number of hydrogen-bond acceptors (Lipinski definition) is 5. The van der Waals surface area contributed by atoms with Gasteiger partial charge in [-0.1, -0.05) is 6.42 Å². The molecule has 1 aliphatic carbocycles. The molecule has 0 bridgehead atoms. The molecule has 0 aromatic rings. The van der Waals surface area contributed by atoms with Gasteiger partial charge in [0.25, 0.3) is 0 Å². The molecule has 0 aromatic carbocycles. The monoisotopic (exact) mass is 290 g/mol. The van der Waals surface area contributed by atoms with E-state index in [1.54, 1.807) is 0 Å². The van der Waals surface area contributed by atoms with Crippen molar-refractivity contribution < 1.29 is 13.2 Å². The van der Waals surface area contributed by atoms with E-state index in [2.05, 4.69) is 5.43 Å². The van der Waals surface area contributed by atoms with Crippen molar-refractivity contribution in [2.24, 2.45) is 11.8 Å². The summed E-state index contributed by atoms with van der Waals surface area (Å²) in [6.07, 6.45) is 8.31. The summed E-state index contributed by atoms with van der Waals surface area (Å²) in [6.45, 7) is 0.797. The predicted molar refractivity (Wildman–Crippen MR) is 75.3 cm³/mol. The zero-order valence-electron chi connectivity index (χ0n) is 11.7. The van der Waals surface area contributed by atoms with Gasteiger partial charge >= 0.3 is 0 Å². The normalized spacial score (nSPS) is 34.9. The first-order chi connectivity index (χ1) is 9.02. The van der Waals surface area contributed by atoms with Crippen LogP contribution < -0.4 is 11.3 Å². The Kier molecular flexibility index (Phi) is 5.22. The smallest absolute Gasteiger partial charge is 0.150 e. The number of nitrogens with two attached hydrogens (primary N) is 1. The third-order valence-corrected chi connectivity index (χ3v) is 6.23. The van der Waals surface area contributed by atoms with Gasteiger partial charge in [-0.05, 0) is 44.4 Å². The first-order valence-electron chi connectivity index (χ1n) is 7.29. The third-order valence-electron chi connectivity index (χ3n) is 4.59. The molecule has 6 heteroatoms. The summed E-state index contributed by atoms with van der Waals surface area (Å²) in [4.78, 5) is 0. The van der Waals surface area contributed by atoms with Crippen LogP contribution in [0.15, 0.2) is 0 Å². The van der Waals surface area contributed by atoms with E-state index in [1.165, 1.54) is 12.7 Å². The number of rotatable bonds is 4. The third kappa shape index (κ3) is 3.90. The van der Waals surface area contributed by atoms with Crippen molar-refractivity contribution in [1.82, 2.24) is 5.43 Å². The summed E-state index contributed by atoms with van der Waals surface area (Å²) in [6, 6.07) is 0.0878. The Morgan fingerprint density at radius 1 is 1.21 bits per heavy atom. The van der Waals surface area contributed by atoms with Crippen LogP contribution in [0.25, 0.3) is 0 Å². The van der Waals surface area contributed by atoms with Crippen LogP contribution in [0.2, 0.25) is 0 Å². The standard InChI is InChI=1S/C13H26N2O3S/c1-19(16,17)11-6-4-5-10(9-11)13(15-14)12-7-2-3-8-18-12/h10-13,15H,2-9,14H2,1H3. The topological polar surface area (TPSA) is 81.4 Å². The van der Waals surface area contributed by atoms with E-state index < -0.39 is 9.84 Å². The molecule has 1 aliphatic heterocycles. The molecule has 1 heterocycles. The van der Waals surface area contributed by atoms with Gasteiger partial charge in [-0.25, -0.2) is 8.42 Å². The van der Waals surface area contributed by atoms with E-state index >= 15 is 0 Å². The fourth-order valence-corrected chi connectivity index (χ4v) is 4.68. The van der Waals surface area contributed by atoms with Crippen LogP contribution in [-0.2, 0) is 14.6 Å². The molecule has 2 aliphatic rings. The highest BCUT2D eigenvalue weighted by atomic mass is 32.2. The minimum absolute atomic E-state index is 0.0878. The van der Waals surface area contributed by atoms with Gasteiger partial charge in [-0.15, -0.1) is 0 Å². The van der Waals surface area contributed by atoms with Crippen molar-refractivity contribution in [3.05, 3.63) is 0 Å². The van der Waals surface area contributed by atoms with Gasteiger partial charge in [0.15, 0.2) is 0 Å². The second kappa shape index (κ2) is 6.52. The Labute approximate surface area is 116 Å². The van der Waals surface area contributed by atoms with Crippen molar-refractivity contribution in [1.29, 1.82) is 0 Å². The number of ether oxygens (including phenoxy) is 1. The molecule has 112 valence electrons. The molecule has 2 rings (SSSR count). The van der Waals surface area contributed by atoms with Gasteiger partial charge in [0.05, 0.1) is 17.4 Å². The van der Waals surface area contributed by atoms with E-state index in [0.717, 1.165) is 38.7 Å². The van der Waals surface area contributed by atoms with E-state index in [4.69, 9.17) is 10.6 Å².